The molecule has 0 aliphatic carbocycles. The molecule has 0 aromatic heterocycles. The first-order chi connectivity index (χ1) is 23.8. The molecule has 0 saturated carbocycles. The van der Waals surface area contributed by atoms with E-state index in [1.54, 1.807) is 48.5 Å². The lowest BCUT2D eigenvalue weighted by Gasteiger charge is -2.16. The summed E-state index contributed by atoms with van der Waals surface area (Å²) in [6.45, 7) is -1.20. The minimum atomic E-state index is -1.30. The van der Waals surface area contributed by atoms with Crippen LogP contribution in [0.2, 0.25) is 0 Å². The zero-order chi connectivity index (χ0) is 36.6. The number of carboxylic acid groups (broad SMARTS) is 2. The number of carbonyl (C=O) groups is 8. The quantitative estimate of drug-likeness (QED) is 0.0624. The SMILES string of the molecule is O=C(CCC[C@H](C[C@H](NCl)C(=O)O)C(=O)O)NCC(=O)NCC(=O)Nc1ccc(/N=N/c2ccc(NC(=O)CN3C(=O)C=CC3=O)cc2)cc1. The van der Waals surface area contributed by atoms with Crippen molar-refractivity contribution in [1.29, 1.82) is 0 Å². The third kappa shape index (κ3) is 12.9. The number of imide groups is 1. The van der Waals surface area contributed by atoms with Crippen molar-refractivity contribution in [3.8, 4) is 0 Å². The van der Waals surface area contributed by atoms with Crippen LogP contribution in [0.5, 0.6) is 0 Å². The van der Waals surface area contributed by atoms with Crippen molar-refractivity contribution in [3.63, 3.8) is 0 Å². The maximum Gasteiger partial charge on any atom is 0.321 e. The highest BCUT2D eigenvalue weighted by atomic mass is 35.5. The van der Waals surface area contributed by atoms with Gasteiger partial charge >= 0.3 is 11.9 Å². The number of aliphatic carboxylic acids is 2. The van der Waals surface area contributed by atoms with Crippen molar-refractivity contribution in [2.45, 2.75) is 31.7 Å². The zero-order valence-electron chi connectivity index (χ0n) is 26.3. The Morgan fingerprint density at radius 2 is 1.20 bits per heavy atom. The number of amides is 6. The van der Waals surface area contributed by atoms with Crippen LogP contribution < -0.4 is 26.1 Å². The van der Waals surface area contributed by atoms with E-state index in [4.69, 9.17) is 16.9 Å². The summed E-state index contributed by atoms with van der Waals surface area (Å²) in [6, 6.07) is 11.4. The average Bonchev–Trinajstić information content (AvgIpc) is 3.39. The molecule has 18 nitrogen and oxygen atoms in total. The highest BCUT2D eigenvalue weighted by molar-refractivity contribution is 6.15. The Bertz CT molecular complexity index is 1650. The monoisotopic (exact) mass is 712 g/mol. The number of hydrogen-bond acceptors (Lipinski definition) is 11. The van der Waals surface area contributed by atoms with E-state index in [2.05, 4.69) is 31.5 Å². The van der Waals surface area contributed by atoms with E-state index in [1.165, 1.54) is 0 Å². The lowest BCUT2D eigenvalue weighted by molar-refractivity contribution is -0.144. The van der Waals surface area contributed by atoms with Crippen LogP contribution in [0.4, 0.5) is 22.7 Å². The highest BCUT2D eigenvalue weighted by Crippen LogP contribution is 2.22. The topological polar surface area (TPSA) is 265 Å². The fourth-order valence-electron chi connectivity index (χ4n) is 4.31. The van der Waals surface area contributed by atoms with Crippen molar-refractivity contribution in [2.75, 3.05) is 30.3 Å². The second-order valence-corrected chi connectivity index (χ2v) is 10.9. The number of anilines is 2. The van der Waals surface area contributed by atoms with Gasteiger partial charge in [-0.1, -0.05) is 0 Å². The molecule has 0 spiro atoms. The van der Waals surface area contributed by atoms with Crippen molar-refractivity contribution < 1.29 is 48.6 Å². The van der Waals surface area contributed by atoms with E-state index in [0.29, 0.717) is 22.7 Å². The Morgan fingerprint density at radius 3 is 1.70 bits per heavy atom. The van der Waals surface area contributed by atoms with Gasteiger partial charge in [0.15, 0.2) is 0 Å². The maximum atomic E-state index is 12.2. The number of nitrogens with one attached hydrogen (secondary N) is 5. The summed E-state index contributed by atoms with van der Waals surface area (Å²) in [5.41, 5.74) is 1.78. The summed E-state index contributed by atoms with van der Waals surface area (Å²) >= 11 is 5.34. The fourth-order valence-corrected chi connectivity index (χ4v) is 4.49. The number of rotatable bonds is 19. The molecule has 50 heavy (non-hydrogen) atoms. The van der Waals surface area contributed by atoms with Crippen molar-refractivity contribution in [3.05, 3.63) is 60.7 Å². The number of carbonyl (C=O) groups excluding carboxylic acids is 6. The molecule has 2 atom stereocenters. The van der Waals surface area contributed by atoms with Gasteiger partial charge in [-0.3, -0.25) is 43.3 Å². The van der Waals surface area contributed by atoms with Gasteiger partial charge in [-0.2, -0.15) is 10.2 Å². The Morgan fingerprint density at radius 1 is 0.700 bits per heavy atom. The van der Waals surface area contributed by atoms with Crippen molar-refractivity contribution in [2.24, 2.45) is 16.1 Å². The Labute approximate surface area is 289 Å². The molecule has 2 aromatic rings. The summed E-state index contributed by atoms with van der Waals surface area (Å²) in [4.78, 5) is 96.9. The molecule has 0 unspecified atom stereocenters. The van der Waals surface area contributed by atoms with Gasteiger partial charge in [0.1, 0.15) is 12.6 Å². The van der Waals surface area contributed by atoms with Crippen molar-refractivity contribution in [1.82, 2.24) is 20.4 Å². The Hall–Kier alpha value is -6.01. The number of benzene rings is 2. The summed E-state index contributed by atoms with van der Waals surface area (Å²) < 4.78 is 0. The number of hydrogen-bond donors (Lipinski definition) is 7. The highest BCUT2D eigenvalue weighted by Gasteiger charge is 2.27. The molecule has 1 aliphatic heterocycles. The first-order valence-corrected chi connectivity index (χ1v) is 15.3. The molecule has 0 fully saturated rings. The molecule has 0 bridgehead atoms. The second-order valence-electron chi connectivity index (χ2n) is 10.7. The van der Waals surface area contributed by atoms with Crippen LogP contribution in [0.1, 0.15) is 25.7 Å². The number of azo groups is 1. The van der Waals surface area contributed by atoms with Crippen LogP contribution in [-0.4, -0.2) is 88.2 Å². The first kappa shape index (κ1) is 38.4. The van der Waals surface area contributed by atoms with E-state index in [1.807, 2.05) is 4.84 Å². The number of nitrogens with zero attached hydrogens (tertiary/aromatic N) is 3. The van der Waals surface area contributed by atoms with Crippen LogP contribution in [-0.2, 0) is 38.4 Å². The van der Waals surface area contributed by atoms with Crippen LogP contribution in [0.25, 0.3) is 0 Å². The van der Waals surface area contributed by atoms with E-state index in [-0.39, 0.29) is 32.2 Å². The molecule has 0 saturated heterocycles. The predicted molar refractivity (Wildman–Crippen MR) is 176 cm³/mol. The van der Waals surface area contributed by atoms with Gasteiger partial charge in [0.25, 0.3) is 11.8 Å². The third-order valence-corrected chi connectivity index (χ3v) is 7.20. The van der Waals surface area contributed by atoms with Crippen LogP contribution >= 0.6 is 11.8 Å². The Kier molecular flexibility index (Phi) is 14.7. The number of halogens is 1. The first-order valence-electron chi connectivity index (χ1n) is 14.9. The largest absolute Gasteiger partial charge is 0.481 e. The van der Waals surface area contributed by atoms with Gasteiger partial charge < -0.3 is 31.5 Å². The van der Waals surface area contributed by atoms with Gasteiger partial charge in [-0.15, -0.1) is 0 Å². The molecule has 3 rings (SSSR count). The average molecular weight is 713 g/mol. The molecular weight excluding hydrogens is 680 g/mol. The zero-order valence-corrected chi connectivity index (χ0v) is 27.0. The Balaban J connectivity index is 1.33. The fraction of sp³-hybridized carbons (Fsp3) is 0.290. The standard InChI is InChI=1S/C31H33ClN8O10/c32-37-23(31(49)50)14-18(30(47)48)2-1-3-24(41)33-15-25(42)34-16-26(43)35-19-4-8-21(9-5-19)38-39-22-10-6-20(7-11-22)36-27(44)17-40-28(45)12-13-29(40)46/h4-13,18,23,37H,1-3,14-17H2,(H,33,41)(H,34,42)(H,35,43)(H,36,44)(H,47,48)(H,49,50)/b39-38+/t18-,23+/m1/s1. The van der Waals surface area contributed by atoms with Crippen LogP contribution in [0.15, 0.2) is 70.9 Å². The van der Waals surface area contributed by atoms with Crippen LogP contribution in [0.3, 0.4) is 0 Å². The minimum absolute atomic E-state index is 0.0210. The molecule has 0 radical (unpaired) electrons. The summed E-state index contributed by atoms with van der Waals surface area (Å²) in [6.07, 6.45) is 1.97. The lowest BCUT2D eigenvalue weighted by atomic mass is 9.94. The van der Waals surface area contributed by atoms with Gasteiger partial charge in [0.2, 0.25) is 23.6 Å². The molecule has 264 valence electrons. The molecule has 19 heteroatoms. The van der Waals surface area contributed by atoms with Gasteiger partial charge in [0, 0.05) is 29.9 Å². The molecule has 6 amide bonds. The summed E-state index contributed by atoms with van der Waals surface area (Å²) in [7, 11) is 0. The second kappa shape index (κ2) is 19.1. The molecule has 1 aliphatic rings. The van der Waals surface area contributed by atoms with E-state index in [0.717, 1.165) is 17.1 Å². The molecule has 7 N–H and O–H groups in total. The van der Waals surface area contributed by atoms with Crippen molar-refractivity contribution >= 4 is 81.9 Å². The molecular formula is C31H33ClN8O10. The van der Waals surface area contributed by atoms with E-state index < -0.39 is 72.4 Å². The van der Waals surface area contributed by atoms with Gasteiger partial charge in [0.05, 0.1) is 30.4 Å². The van der Waals surface area contributed by atoms with Gasteiger partial charge in [-0.05, 0) is 79.6 Å². The van der Waals surface area contributed by atoms with E-state index >= 15 is 0 Å². The molecule has 1 heterocycles. The van der Waals surface area contributed by atoms with E-state index in [9.17, 15) is 43.5 Å². The third-order valence-electron chi connectivity index (χ3n) is 6.93. The smallest absolute Gasteiger partial charge is 0.321 e. The lowest BCUT2D eigenvalue weighted by Crippen LogP contribution is -2.40. The maximum absolute atomic E-state index is 12.2. The minimum Gasteiger partial charge on any atom is -0.481 e. The van der Waals surface area contributed by atoms with Crippen LogP contribution in [0, 0.1) is 5.92 Å². The summed E-state index contributed by atoms with van der Waals surface area (Å²) in [5, 5.41) is 36.4. The molecule has 2 aromatic carbocycles. The summed E-state index contributed by atoms with van der Waals surface area (Å²) in [5.74, 6) is -6.91. The van der Waals surface area contributed by atoms with Gasteiger partial charge in [-0.25, -0.2) is 4.84 Å². The normalized spacial score (nSPS) is 13.5. The number of carboxylic acids is 2. The predicted octanol–water partition coefficient (Wildman–Crippen LogP) is 1.59.